The first kappa shape index (κ1) is 43.9. The molecule has 0 spiro atoms. The zero-order chi connectivity index (χ0) is 39.0. The second-order valence-corrected chi connectivity index (χ2v) is 12.7. The van der Waals surface area contributed by atoms with E-state index in [1.165, 1.54) is 0 Å². The molecule has 0 bridgehead atoms. The lowest BCUT2D eigenvalue weighted by Crippen LogP contribution is -2.62. The van der Waals surface area contributed by atoms with Crippen LogP contribution in [-0.4, -0.2) is 105 Å². The smallest absolute Gasteiger partial charge is 0.326 e. The second kappa shape index (κ2) is 21.2. The summed E-state index contributed by atoms with van der Waals surface area (Å²) in [6.07, 6.45) is -2.93. The molecule has 0 aliphatic rings. The molecule has 0 aliphatic heterocycles. The molecule has 1 aromatic carbocycles. The summed E-state index contributed by atoms with van der Waals surface area (Å²) in [5.41, 5.74) is 12.0. The van der Waals surface area contributed by atoms with E-state index in [0.717, 1.165) is 12.5 Å². The van der Waals surface area contributed by atoms with Gasteiger partial charge in [0, 0.05) is 6.42 Å². The third-order valence-corrected chi connectivity index (χ3v) is 8.04. The maximum atomic E-state index is 13.4. The summed E-state index contributed by atoms with van der Waals surface area (Å²) in [7, 11) is 0. The summed E-state index contributed by atoms with van der Waals surface area (Å²) in [6, 6.07) is -0.00494. The van der Waals surface area contributed by atoms with E-state index in [1.54, 1.807) is 58.0 Å². The molecule has 1 rings (SSSR count). The quantitative estimate of drug-likeness (QED) is 0.0615. The zero-order valence-corrected chi connectivity index (χ0v) is 29.4. The van der Waals surface area contributed by atoms with Crippen molar-refractivity contribution in [3.63, 3.8) is 0 Å². The van der Waals surface area contributed by atoms with Crippen LogP contribution >= 0.6 is 0 Å². The molecule has 51 heavy (non-hydrogen) atoms. The van der Waals surface area contributed by atoms with Crippen LogP contribution < -0.4 is 38.1 Å². The third kappa shape index (κ3) is 15.1. The van der Waals surface area contributed by atoms with Gasteiger partial charge in [-0.1, -0.05) is 64.4 Å². The highest BCUT2D eigenvalue weighted by atomic mass is 16.4. The fraction of sp³-hybridized carbons (Fsp3) is 0.576. The highest BCUT2D eigenvalue weighted by molar-refractivity contribution is 5.98. The van der Waals surface area contributed by atoms with E-state index in [0.29, 0.717) is 6.42 Å². The largest absolute Gasteiger partial charge is 0.481 e. The predicted molar refractivity (Wildman–Crippen MR) is 182 cm³/mol. The van der Waals surface area contributed by atoms with Gasteiger partial charge in [-0.15, -0.1) is 0 Å². The first-order valence-corrected chi connectivity index (χ1v) is 16.5. The zero-order valence-electron chi connectivity index (χ0n) is 29.4. The Morgan fingerprint density at radius 3 is 1.71 bits per heavy atom. The number of nitrogens with one attached hydrogen (secondary N) is 5. The van der Waals surface area contributed by atoms with E-state index in [9.17, 15) is 53.7 Å². The standard InChI is InChI=1S/C33H51N7O11/c1-6-17(4)26(31(48)38-25(16(2)3)33(50)51)39-32(49)27(18(5)41)40-30(47)22(15-23(35)42)37-29(46)21(12-13-24(43)44)36-28(45)20(34)14-19-10-8-7-9-11-19/h7-11,16-18,20-22,25-27,41H,6,12-15,34H2,1-5H3,(H2,35,42)(H,36,45)(H,37,46)(H,38,48)(H,39,49)(H,40,47)(H,43,44)(H,50,51)/t17-,18+,20-,21-,22-,25-,26-,27-/m0/s1. The number of amides is 6. The molecule has 8 atom stereocenters. The molecular weight excluding hydrogens is 670 g/mol. The summed E-state index contributed by atoms with van der Waals surface area (Å²) in [5, 5.41) is 40.8. The summed E-state index contributed by atoms with van der Waals surface area (Å²) >= 11 is 0. The van der Waals surface area contributed by atoms with Crippen molar-refractivity contribution in [1.82, 2.24) is 26.6 Å². The first-order valence-electron chi connectivity index (χ1n) is 16.5. The molecule has 0 fully saturated rings. The number of primary amides is 1. The predicted octanol–water partition coefficient (Wildman–Crippen LogP) is -2.11. The average molecular weight is 722 g/mol. The highest BCUT2D eigenvalue weighted by Crippen LogP contribution is 2.12. The average Bonchev–Trinajstić information content (AvgIpc) is 3.05. The topological polar surface area (TPSA) is 309 Å². The van der Waals surface area contributed by atoms with Crippen molar-refractivity contribution in [2.75, 3.05) is 0 Å². The molecular formula is C33H51N7O11. The number of carbonyl (C=O) groups excluding carboxylic acids is 6. The number of aliphatic hydroxyl groups is 1. The monoisotopic (exact) mass is 721 g/mol. The number of aliphatic carboxylic acids is 2. The Hall–Kier alpha value is -5.10. The van der Waals surface area contributed by atoms with E-state index in [2.05, 4.69) is 26.6 Å². The molecule has 18 nitrogen and oxygen atoms in total. The second-order valence-electron chi connectivity index (χ2n) is 12.7. The molecule has 1 aromatic rings. The number of benzene rings is 1. The molecule has 6 amide bonds. The molecule has 0 aromatic heterocycles. The molecule has 284 valence electrons. The van der Waals surface area contributed by atoms with Crippen molar-refractivity contribution in [2.45, 2.75) is 109 Å². The number of hydrogen-bond donors (Lipinski definition) is 10. The van der Waals surface area contributed by atoms with Gasteiger partial charge in [0.2, 0.25) is 35.4 Å². The Kier molecular flexibility index (Phi) is 18.3. The number of carbonyl (C=O) groups is 8. The van der Waals surface area contributed by atoms with Crippen LogP contribution in [0.25, 0.3) is 0 Å². The summed E-state index contributed by atoms with van der Waals surface area (Å²) < 4.78 is 0. The highest BCUT2D eigenvalue weighted by Gasteiger charge is 2.36. The molecule has 0 radical (unpaired) electrons. The SMILES string of the molecule is CC[C@H](C)[C@H](NC(=O)[C@@H](NC(=O)[C@H](CC(N)=O)NC(=O)[C@H](CCC(=O)O)NC(=O)[C@@H](N)Cc1ccccc1)[C@@H](C)O)C(=O)N[C@H](C(=O)O)C(C)C. The van der Waals surface area contributed by atoms with Gasteiger partial charge < -0.3 is 53.4 Å². The normalized spacial score (nSPS) is 15.8. The van der Waals surface area contributed by atoms with Crippen molar-refractivity contribution in [3.05, 3.63) is 35.9 Å². The Labute approximate surface area is 295 Å². The number of carboxylic acid groups (broad SMARTS) is 2. The number of nitrogens with two attached hydrogens (primary N) is 2. The van der Waals surface area contributed by atoms with Gasteiger partial charge in [-0.05, 0) is 37.2 Å². The van der Waals surface area contributed by atoms with Gasteiger partial charge in [0.25, 0.3) is 0 Å². The van der Waals surface area contributed by atoms with Crippen LogP contribution in [0.15, 0.2) is 30.3 Å². The van der Waals surface area contributed by atoms with Crippen LogP contribution in [0, 0.1) is 11.8 Å². The maximum absolute atomic E-state index is 13.4. The summed E-state index contributed by atoms with van der Waals surface area (Å²) in [5.74, 6) is -9.55. The minimum absolute atomic E-state index is 0.0901. The summed E-state index contributed by atoms with van der Waals surface area (Å²) in [6.45, 7) is 7.67. The van der Waals surface area contributed by atoms with Crippen molar-refractivity contribution in [3.8, 4) is 0 Å². The lowest BCUT2D eigenvalue weighted by Gasteiger charge is -2.30. The van der Waals surface area contributed by atoms with Crippen LogP contribution in [0.2, 0.25) is 0 Å². The minimum Gasteiger partial charge on any atom is -0.481 e. The lowest BCUT2D eigenvalue weighted by atomic mass is 9.96. The number of hydrogen-bond acceptors (Lipinski definition) is 10. The molecule has 0 heterocycles. The van der Waals surface area contributed by atoms with Crippen molar-refractivity contribution >= 4 is 47.4 Å². The van der Waals surface area contributed by atoms with Gasteiger partial charge in [-0.2, -0.15) is 0 Å². The molecule has 0 saturated carbocycles. The molecule has 0 aliphatic carbocycles. The van der Waals surface area contributed by atoms with E-state index in [-0.39, 0.29) is 6.42 Å². The molecule has 0 saturated heterocycles. The fourth-order valence-corrected chi connectivity index (χ4v) is 4.82. The molecule has 0 unspecified atom stereocenters. The van der Waals surface area contributed by atoms with Crippen LogP contribution in [0.3, 0.4) is 0 Å². The van der Waals surface area contributed by atoms with E-state index >= 15 is 0 Å². The van der Waals surface area contributed by atoms with Gasteiger partial charge in [0.05, 0.1) is 18.6 Å². The maximum Gasteiger partial charge on any atom is 0.326 e. The van der Waals surface area contributed by atoms with Gasteiger partial charge in [-0.3, -0.25) is 33.6 Å². The van der Waals surface area contributed by atoms with E-state index in [4.69, 9.17) is 11.5 Å². The fourth-order valence-electron chi connectivity index (χ4n) is 4.82. The van der Waals surface area contributed by atoms with E-state index in [1.807, 2.05) is 0 Å². The van der Waals surface area contributed by atoms with Gasteiger partial charge in [-0.25, -0.2) is 4.79 Å². The molecule has 18 heteroatoms. The van der Waals surface area contributed by atoms with Gasteiger partial charge >= 0.3 is 11.9 Å². The van der Waals surface area contributed by atoms with Crippen LogP contribution in [0.4, 0.5) is 0 Å². The third-order valence-electron chi connectivity index (χ3n) is 8.04. The van der Waals surface area contributed by atoms with Crippen LogP contribution in [0.5, 0.6) is 0 Å². The van der Waals surface area contributed by atoms with Crippen molar-refractivity contribution in [2.24, 2.45) is 23.3 Å². The van der Waals surface area contributed by atoms with Crippen molar-refractivity contribution < 1.29 is 53.7 Å². The Morgan fingerprint density at radius 2 is 1.22 bits per heavy atom. The minimum atomic E-state index is -1.76. The molecule has 12 N–H and O–H groups in total. The van der Waals surface area contributed by atoms with Crippen LogP contribution in [-0.2, 0) is 44.8 Å². The Bertz CT molecular complexity index is 1390. The van der Waals surface area contributed by atoms with Crippen molar-refractivity contribution in [1.29, 1.82) is 0 Å². The number of aliphatic hydroxyl groups excluding tert-OH is 1. The van der Waals surface area contributed by atoms with E-state index < -0.39 is 121 Å². The Morgan fingerprint density at radius 1 is 0.706 bits per heavy atom. The summed E-state index contributed by atoms with van der Waals surface area (Å²) in [4.78, 5) is 101. The van der Waals surface area contributed by atoms with Gasteiger partial charge in [0.1, 0.15) is 30.2 Å². The number of rotatable bonds is 22. The Balaban J connectivity index is 3.21. The first-order chi connectivity index (χ1) is 23.8. The lowest BCUT2D eigenvalue weighted by molar-refractivity contribution is -0.144. The van der Waals surface area contributed by atoms with Gasteiger partial charge in [0.15, 0.2) is 0 Å². The van der Waals surface area contributed by atoms with Crippen LogP contribution in [0.1, 0.15) is 65.9 Å². The number of carboxylic acids is 2.